The highest BCUT2D eigenvalue weighted by Crippen LogP contribution is 2.67. The summed E-state index contributed by atoms with van der Waals surface area (Å²) in [6.45, 7) is 9.86. The Morgan fingerprint density at radius 2 is 1.92 bits per heavy atom. The quantitative estimate of drug-likeness (QED) is 0.585. The lowest BCUT2D eigenvalue weighted by Gasteiger charge is -2.58. The third kappa shape index (κ3) is 2.59. The van der Waals surface area contributed by atoms with Gasteiger partial charge in [-0.15, -0.1) is 0 Å². The van der Waals surface area contributed by atoms with Crippen molar-refractivity contribution in [3.05, 3.63) is 23.3 Å². The fourth-order valence-corrected chi connectivity index (χ4v) is 7.92. The summed E-state index contributed by atoms with van der Waals surface area (Å²) in [6, 6.07) is 0. The molecule has 0 amide bonds. The summed E-state index contributed by atoms with van der Waals surface area (Å²) in [5, 5.41) is 10.1. The highest BCUT2D eigenvalue weighted by molar-refractivity contribution is 5.26. The van der Waals surface area contributed by atoms with Crippen molar-refractivity contribution in [2.75, 3.05) is 0 Å². The van der Waals surface area contributed by atoms with E-state index in [0.717, 1.165) is 30.1 Å². The smallest absolute Gasteiger partial charge is 0.0724 e. The minimum atomic E-state index is -0.175. The fourth-order valence-electron chi connectivity index (χ4n) is 7.92. The van der Waals surface area contributed by atoms with Crippen LogP contribution in [0.15, 0.2) is 23.3 Å². The molecule has 0 aliphatic heterocycles. The van der Waals surface area contributed by atoms with Crippen molar-refractivity contribution >= 4 is 0 Å². The molecular weight excluding hydrogens is 304 g/mol. The van der Waals surface area contributed by atoms with Crippen molar-refractivity contribution < 1.29 is 5.11 Å². The summed E-state index contributed by atoms with van der Waals surface area (Å²) in [7, 11) is 0. The number of hydrogen-bond acceptors (Lipinski definition) is 1. The van der Waals surface area contributed by atoms with Crippen molar-refractivity contribution in [2.24, 2.45) is 34.5 Å². The van der Waals surface area contributed by atoms with Crippen LogP contribution in [-0.4, -0.2) is 11.2 Å². The maximum Gasteiger partial charge on any atom is 0.0724 e. The molecule has 0 aromatic carbocycles. The topological polar surface area (TPSA) is 20.2 Å². The molecule has 7 atom stereocenters. The van der Waals surface area contributed by atoms with Gasteiger partial charge in [-0.05, 0) is 99.2 Å². The van der Waals surface area contributed by atoms with Crippen LogP contribution in [-0.2, 0) is 0 Å². The van der Waals surface area contributed by atoms with Crippen molar-refractivity contribution in [1.29, 1.82) is 0 Å². The summed E-state index contributed by atoms with van der Waals surface area (Å²) in [5.74, 6) is 3.56. The van der Waals surface area contributed by atoms with Gasteiger partial charge in [0.1, 0.15) is 0 Å². The van der Waals surface area contributed by atoms with Crippen molar-refractivity contribution in [3.8, 4) is 0 Å². The van der Waals surface area contributed by atoms with Gasteiger partial charge in [0.25, 0.3) is 0 Å². The predicted octanol–water partition coefficient (Wildman–Crippen LogP) is 6.28. The molecule has 0 radical (unpaired) electrons. The van der Waals surface area contributed by atoms with E-state index in [-0.39, 0.29) is 6.10 Å². The molecule has 1 N–H and O–H groups in total. The molecule has 0 spiro atoms. The number of allylic oxidation sites excluding steroid dienone is 3. The van der Waals surface area contributed by atoms with Crippen LogP contribution in [0.2, 0.25) is 0 Å². The summed E-state index contributed by atoms with van der Waals surface area (Å²) in [5.41, 5.74) is 4.21. The molecule has 0 aromatic rings. The molecular formula is C24H38O. The van der Waals surface area contributed by atoms with Crippen LogP contribution in [0.1, 0.15) is 85.5 Å². The SMILES string of the molecule is CCC=C(C)[C@H]1CCC2C3CCC4=C[C@@H](O)CC[C@]4(C)C3CC[C@@]21C. The maximum absolute atomic E-state index is 10.1. The second-order valence-electron chi connectivity index (χ2n) is 10.2. The highest BCUT2D eigenvalue weighted by Gasteiger charge is 2.58. The molecule has 0 bridgehead atoms. The van der Waals surface area contributed by atoms with Gasteiger partial charge in [-0.1, -0.05) is 44.1 Å². The number of hydrogen-bond donors (Lipinski definition) is 1. The number of fused-ring (bicyclic) bond motifs is 5. The number of rotatable bonds is 2. The number of aliphatic hydroxyl groups is 1. The van der Waals surface area contributed by atoms with Gasteiger partial charge in [-0.25, -0.2) is 0 Å². The Bertz CT molecular complexity index is 587. The van der Waals surface area contributed by atoms with Crippen LogP contribution < -0.4 is 0 Å². The van der Waals surface area contributed by atoms with Crippen LogP contribution in [0.4, 0.5) is 0 Å². The minimum absolute atomic E-state index is 0.175. The maximum atomic E-state index is 10.1. The van der Waals surface area contributed by atoms with E-state index in [4.69, 9.17) is 0 Å². The lowest BCUT2D eigenvalue weighted by atomic mass is 9.46. The number of aliphatic hydroxyl groups excluding tert-OH is 1. The highest BCUT2D eigenvalue weighted by atomic mass is 16.3. The van der Waals surface area contributed by atoms with Gasteiger partial charge < -0.3 is 5.11 Å². The molecule has 25 heavy (non-hydrogen) atoms. The van der Waals surface area contributed by atoms with Gasteiger partial charge in [-0.2, -0.15) is 0 Å². The van der Waals surface area contributed by atoms with E-state index in [9.17, 15) is 5.11 Å². The lowest BCUT2D eigenvalue weighted by molar-refractivity contribution is -0.0508. The summed E-state index contributed by atoms with van der Waals surface area (Å²) in [4.78, 5) is 0. The molecule has 3 saturated carbocycles. The van der Waals surface area contributed by atoms with Crippen LogP contribution in [0.5, 0.6) is 0 Å². The Morgan fingerprint density at radius 3 is 2.68 bits per heavy atom. The summed E-state index contributed by atoms with van der Waals surface area (Å²) < 4.78 is 0. The molecule has 1 nitrogen and oxygen atoms in total. The first-order valence-electron chi connectivity index (χ1n) is 11.0. The molecule has 4 aliphatic carbocycles. The molecule has 4 aliphatic rings. The van der Waals surface area contributed by atoms with Gasteiger partial charge in [0.05, 0.1) is 6.10 Å². The zero-order chi connectivity index (χ0) is 17.8. The van der Waals surface area contributed by atoms with E-state index in [0.29, 0.717) is 10.8 Å². The molecule has 3 unspecified atom stereocenters. The Kier molecular flexibility index (Phi) is 4.46. The molecule has 3 fully saturated rings. The summed E-state index contributed by atoms with van der Waals surface area (Å²) >= 11 is 0. The van der Waals surface area contributed by atoms with Crippen LogP contribution in [0.3, 0.4) is 0 Å². The molecule has 0 saturated heterocycles. The third-order valence-electron chi connectivity index (χ3n) is 9.16. The van der Waals surface area contributed by atoms with E-state index in [1.54, 1.807) is 11.1 Å². The van der Waals surface area contributed by atoms with Gasteiger partial charge in [-0.3, -0.25) is 0 Å². The summed E-state index contributed by atoms with van der Waals surface area (Å²) in [6.07, 6.45) is 16.3. The fraction of sp³-hybridized carbons (Fsp3) is 0.833. The lowest BCUT2D eigenvalue weighted by Crippen LogP contribution is -2.50. The van der Waals surface area contributed by atoms with Gasteiger partial charge in [0.15, 0.2) is 0 Å². The molecule has 1 heteroatoms. The van der Waals surface area contributed by atoms with E-state index < -0.39 is 0 Å². The van der Waals surface area contributed by atoms with Crippen molar-refractivity contribution in [2.45, 2.75) is 91.6 Å². The normalized spacial score (nSPS) is 49.9. The molecule has 0 aromatic heterocycles. The van der Waals surface area contributed by atoms with Crippen molar-refractivity contribution in [3.63, 3.8) is 0 Å². The predicted molar refractivity (Wildman–Crippen MR) is 105 cm³/mol. The molecule has 4 rings (SSSR count). The largest absolute Gasteiger partial charge is 0.389 e. The first-order valence-corrected chi connectivity index (χ1v) is 11.0. The van der Waals surface area contributed by atoms with E-state index in [2.05, 4.69) is 39.8 Å². The van der Waals surface area contributed by atoms with Gasteiger partial charge in [0.2, 0.25) is 0 Å². The zero-order valence-corrected chi connectivity index (χ0v) is 16.9. The Labute approximate surface area is 155 Å². The monoisotopic (exact) mass is 342 g/mol. The first-order chi connectivity index (χ1) is 11.9. The average Bonchev–Trinajstić information content (AvgIpc) is 2.93. The average molecular weight is 343 g/mol. The zero-order valence-electron chi connectivity index (χ0n) is 16.9. The molecule has 0 heterocycles. The minimum Gasteiger partial charge on any atom is -0.389 e. The Hall–Kier alpha value is -0.560. The van der Waals surface area contributed by atoms with Gasteiger partial charge in [0, 0.05) is 0 Å². The van der Waals surface area contributed by atoms with Gasteiger partial charge >= 0.3 is 0 Å². The van der Waals surface area contributed by atoms with E-state index in [1.165, 1.54) is 51.4 Å². The third-order valence-corrected chi connectivity index (χ3v) is 9.16. The van der Waals surface area contributed by atoms with Crippen molar-refractivity contribution in [1.82, 2.24) is 0 Å². The van der Waals surface area contributed by atoms with Crippen LogP contribution in [0, 0.1) is 34.5 Å². The van der Waals surface area contributed by atoms with Crippen LogP contribution in [0.25, 0.3) is 0 Å². The molecule has 140 valence electrons. The second-order valence-corrected chi connectivity index (χ2v) is 10.2. The second kappa shape index (κ2) is 6.25. The first kappa shape index (κ1) is 17.8. The Balaban J connectivity index is 1.62. The van der Waals surface area contributed by atoms with Crippen LogP contribution >= 0.6 is 0 Å². The Morgan fingerprint density at radius 1 is 1.12 bits per heavy atom. The van der Waals surface area contributed by atoms with E-state index in [1.807, 2.05) is 0 Å². The van der Waals surface area contributed by atoms with E-state index >= 15 is 0 Å². The standard InChI is InChI=1S/C24H38O/c1-5-6-16(2)20-9-10-21-19-8-7-17-15-18(25)11-13-23(17,3)22(19)12-14-24(20,21)4/h6,15,18-22,25H,5,7-14H2,1-4H3/t18-,19?,20+,21?,22?,23-,24+/m0/s1.